The van der Waals surface area contributed by atoms with Gasteiger partial charge in [0.25, 0.3) is 0 Å². The minimum Gasteiger partial charge on any atom is -0.350 e. The third-order valence-corrected chi connectivity index (χ3v) is 2.15. The highest BCUT2D eigenvalue weighted by molar-refractivity contribution is 5.75. The molecule has 0 aliphatic rings. The summed E-state index contributed by atoms with van der Waals surface area (Å²) >= 11 is 0. The molecule has 0 bridgehead atoms. The van der Waals surface area contributed by atoms with Gasteiger partial charge in [-0.25, -0.2) is 0 Å². The molecule has 0 aromatic carbocycles. The molecule has 0 spiro atoms. The molecular formula is C10H18N4O. The first-order valence-electron chi connectivity index (χ1n) is 5.23. The van der Waals surface area contributed by atoms with Crippen LogP contribution in [-0.2, 0) is 11.3 Å². The Morgan fingerprint density at radius 1 is 1.67 bits per heavy atom. The SMILES string of the molecule is CCCC(CN)NC(=O)Cn1cccn1. The van der Waals surface area contributed by atoms with Gasteiger partial charge in [0.05, 0.1) is 0 Å². The first-order valence-corrected chi connectivity index (χ1v) is 5.23. The van der Waals surface area contributed by atoms with Crippen LogP contribution in [0.4, 0.5) is 0 Å². The van der Waals surface area contributed by atoms with Crippen molar-refractivity contribution in [3.05, 3.63) is 18.5 Å². The Hall–Kier alpha value is -1.36. The fraction of sp³-hybridized carbons (Fsp3) is 0.600. The Labute approximate surface area is 89.6 Å². The van der Waals surface area contributed by atoms with Gasteiger partial charge in [0.15, 0.2) is 0 Å². The van der Waals surface area contributed by atoms with E-state index in [1.54, 1.807) is 23.1 Å². The van der Waals surface area contributed by atoms with E-state index in [1.165, 1.54) is 0 Å². The van der Waals surface area contributed by atoms with Crippen LogP contribution in [0, 0.1) is 0 Å². The summed E-state index contributed by atoms with van der Waals surface area (Å²) in [6, 6.07) is 1.87. The average molecular weight is 210 g/mol. The molecule has 5 nitrogen and oxygen atoms in total. The number of carbonyl (C=O) groups excluding carboxylic acids is 1. The summed E-state index contributed by atoms with van der Waals surface area (Å²) in [7, 11) is 0. The number of nitrogens with two attached hydrogens (primary N) is 1. The second-order valence-corrected chi connectivity index (χ2v) is 3.49. The van der Waals surface area contributed by atoms with Crippen molar-refractivity contribution in [2.24, 2.45) is 5.73 Å². The highest BCUT2D eigenvalue weighted by atomic mass is 16.2. The molecule has 0 fully saturated rings. The van der Waals surface area contributed by atoms with Crippen LogP contribution in [-0.4, -0.2) is 28.3 Å². The average Bonchev–Trinajstić information content (AvgIpc) is 2.69. The quantitative estimate of drug-likeness (QED) is 0.700. The third-order valence-electron chi connectivity index (χ3n) is 2.15. The third kappa shape index (κ3) is 4.12. The highest BCUT2D eigenvalue weighted by Gasteiger charge is 2.09. The summed E-state index contributed by atoms with van der Waals surface area (Å²) in [4.78, 5) is 11.5. The Bertz CT molecular complexity index is 284. The Balaban J connectivity index is 2.34. The van der Waals surface area contributed by atoms with Gasteiger partial charge in [-0.15, -0.1) is 0 Å². The number of carbonyl (C=O) groups is 1. The molecule has 0 saturated carbocycles. The van der Waals surface area contributed by atoms with Crippen molar-refractivity contribution in [2.45, 2.75) is 32.4 Å². The predicted octanol–water partition coefficient (Wildman–Crippen LogP) is 0.127. The number of rotatable bonds is 6. The van der Waals surface area contributed by atoms with E-state index in [4.69, 9.17) is 5.73 Å². The molecule has 0 radical (unpaired) electrons. The number of aromatic nitrogens is 2. The monoisotopic (exact) mass is 210 g/mol. The van der Waals surface area contributed by atoms with Crippen molar-refractivity contribution in [3.8, 4) is 0 Å². The second kappa shape index (κ2) is 6.19. The maximum Gasteiger partial charge on any atom is 0.241 e. The minimum absolute atomic E-state index is 0.0393. The standard InChI is InChI=1S/C10H18N4O/c1-2-4-9(7-11)13-10(15)8-14-6-3-5-12-14/h3,5-6,9H,2,4,7-8,11H2,1H3,(H,13,15). The van der Waals surface area contributed by atoms with Crippen molar-refractivity contribution in [2.75, 3.05) is 6.54 Å². The number of nitrogens with one attached hydrogen (secondary N) is 1. The van der Waals surface area contributed by atoms with Crippen LogP contribution in [0.1, 0.15) is 19.8 Å². The summed E-state index contributed by atoms with van der Waals surface area (Å²) in [5.74, 6) is -0.0393. The van der Waals surface area contributed by atoms with Crippen LogP contribution in [0.5, 0.6) is 0 Å². The van der Waals surface area contributed by atoms with E-state index >= 15 is 0 Å². The molecule has 15 heavy (non-hydrogen) atoms. The first kappa shape index (κ1) is 11.7. The zero-order chi connectivity index (χ0) is 11.1. The van der Waals surface area contributed by atoms with E-state index < -0.39 is 0 Å². The van der Waals surface area contributed by atoms with E-state index in [0.717, 1.165) is 12.8 Å². The Morgan fingerprint density at radius 3 is 3.00 bits per heavy atom. The van der Waals surface area contributed by atoms with Crippen LogP contribution >= 0.6 is 0 Å². The molecular weight excluding hydrogens is 192 g/mol. The lowest BCUT2D eigenvalue weighted by Crippen LogP contribution is -2.41. The second-order valence-electron chi connectivity index (χ2n) is 3.49. The van der Waals surface area contributed by atoms with E-state index in [1.807, 2.05) is 0 Å². The van der Waals surface area contributed by atoms with Crippen LogP contribution in [0.25, 0.3) is 0 Å². The molecule has 1 atom stereocenters. The lowest BCUT2D eigenvalue weighted by Gasteiger charge is -2.15. The van der Waals surface area contributed by atoms with Crippen LogP contribution < -0.4 is 11.1 Å². The van der Waals surface area contributed by atoms with Crippen LogP contribution in [0.2, 0.25) is 0 Å². The maximum atomic E-state index is 11.5. The number of amides is 1. The van der Waals surface area contributed by atoms with Gasteiger partial charge in [0.1, 0.15) is 6.54 Å². The molecule has 1 rings (SSSR count). The predicted molar refractivity (Wildman–Crippen MR) is 58.1 cm³/mol. The van der Waals surface area contributed by atoms with Crippen molar-refractivity contribution >= 4 is 5.91 Å². The summed E-state index contributed by atoms with van der Waals surface area (Å²) in [6.07, 6.45) is 5.35. The zero-order valence-electron chi connectivity index (χ0n) is 9.02. The topological polar surface area (TPSA) is 72.9 Å². The lowest BCUT2D eigenvalue weighted by molar-refractivity contribution is -0.122. The van der Waals surface area contributed by atoms with Gasteiger partial charge in [-0.3, -0.25) is 9.48 Å². The fourth-order valence-electron chi connectivity index (χ4n) is 1.41. The highest BCUT2D eigenvalue weighted by Crippen LogP contribution is 1.94. The lowest BCUT2D eigenvalue weighted by atomic mass is 10.1. The van der Waals surface area contributed by atoms with Crippen LogP contribution in [0.15, 0.2) is 18.5 Å². The smallest absolute Gasteiger partial charge is 0.241 e. The summed E-state index contributed by atoms with van der Waals surface area (Å²) in [5.41, 5.74) is 5.54. The molecule has 0 aliphatic carbocycles. The molecule has 84 valence electrons. The van der Waals surface area contributed by atoms with Crippen molar-refractivity contribution in [3.63, 3.8) is 0 Å². The molecule has 1 aromatic heterocycles. The zero-order valence-corrected chi connectivity index (χ0v) is 9.02. The molecule has 0 aliphatic heterocycles. The molecule has 3 N–H and O–H groups in total. The summed E-state index contributed by atoms with van der Waals surface area (Å²) < 4.78 is 1.59. The molecule has 1 unspecified atom stereocenters. The first-order chi connectivity index (χ1) is 7.26. The van der Waals surface area contributed by atoms with Gasteiger partial charge in [-0.05, 0) is 12.5 Å². The van der Waals surface area contributed by atoms with Gasteiger partial charge >= 0.3 is 0 Å². The van der Waals surface area contributed by atoms with Crippen LogP contribution in [0.3, 0.4) is 0 Å². The van der Waals surface area contributed by atoms with Crippen molar-refractivity contribution in [1.29, 1.82) is 0 Å². The van der Waals surface area contributed by atoms with Gasteiger partial charge < -0.3 is 11.1 Å². The van der Waals surface area contributed by atoms with Gasteiger partial charge in [0, 0.05) is 25.0 Å². The van der Waals surface area contributed by atoms with Crippen molar-refractivity contribution < 1.29 is 4.79 Å². The summed E-state index contributed by atoms with van der Waals surface area (Å²) in [6.45, 7) is 2.81. The van der Waals surface area contributed by atoms with Gasteiger partial charge in [0.2, 0.25) is 5.91 Å². The van der Waals surface area contributed by atoms with E-state index in [-0.39, 0.29) is 18.5 Å². The molecule has 5 heteroatoms. The maximum absolute atomic E-state index is 11.5. The molecule has 1 heterocycles. The van der Waals surface area contributed by atoms with E-state index in [0.29, 0.717) is 6.54 Å². The fourth-order valence-corrected chi connectivity index (χ4v) is 1.41. The number of nitrogens with zero attached hydrogens (tertiary/aromatic N) is 2. The Kier molecular flexibility index (Phi) is 4.83. The molecule has 1 amide bonds. The van der Waals surface area contributed by atoms with E-state index in [9.17, 15) is 4.79 Å². The summed E-state index contributed by atoms with van der Waals surface area (Å²) in [5, 5.41) is 6.84. The number of hydrogen-bond acceptors (Lipinski definition) is 3. The van der Waals surface area contributed by atoms with Gasteiger partial charge in [-0.1, -0.05) is 13.3 Å². The van der Waals surface area contributed by atoms with E-state index in [2.05, 4.69) is 17.3 Å². The van der Waals surface area contributed by atoms with Gasteiger partial charge in [-0.2, -0.15) is 5.10 Å². The number of hydrogen-bond donors (Lipinski definition) is 2. The molecule has 0 saturated heterocycles. The Morgan fingerprint density at radius 2 is 2.47 bits per heavy atom. The molecule has 1 aromatic rings. The van der Waals surface area contributed by atoms with Crippen molar-refractivity contribution in [1.82, 2.24) is 15.1 Å². The largest absolute Gasteiger partial charge is 0.350 e. The minimum atomic E-state index is -0.0393. The normalized spacial score (nSPS) is 12.4.